The fraction of sp³-hybridized carbons (Fsp3) is 0.615. The van der Waals surface area contributed by atoms with Gasteiger partial charge in [0.15, 0.2) is 11.6 Å². The van der Waals surface area contributed by atoms with E-state index in [1.54, 1.807) is 12.3 Å². The van der Waals surface area contributed by atoms with Crippen LogP contribution < -0.4 is 10.6 Å². The molecule has 1 saturated heterocycles. The second-order valence-corrected chi connectivity index (χ2v) is 4.93. The molecule has 0 radical (unpaired) electrons. The fourth-order valence-electron chi connectivity index (χ4n) is 2.30. The normalized spacial score (nSPS) is 17.5. The maximum Gasteiger partial charge on any atom is 0.170 e. The molecule has 4 nitrogen and oxygen atoms in total. The van der Waals surface area contributed by atoms with Gasteiger partial charge in [-0.15, -0.1) is 0 Å². The first-order chi connectivity index (χ1) is 8.63. The minimum Gasteiger partial charge on any atom is -0.352 e. The lowest BCUT2D eigenvalue weighted by Gasteiger charge is -2.37. The number of aromatic nitrogens is 1. The van der Waals surface area contributed by atoms with E-state index in [1.165, 1.54) is 0 Å². The molecule has 18 heavy (non-hydrogen) atoms. The highest BCUT2D eigenvalue weighted by molar-refractivity contribution is 5.43. The van der Waals surface area contributed by atoms with E-state index in [2.05, 4.69) is 23.7 Å². The van der Waals surface area contributed by atoms with E-state index in [-0.39, 0.29) is 12.4 Å². The predicted molar refractivity (Wildman–Crippen MR) is 71.0 cm³/mol. The van der Waals surface area contributed by atoms with E-state index in [4.69, 9.17) is 5.73 Å². The Bertz CT molecular complexity index is 400. The van der Waals surface area contributed by atoms with Crippen molar-refractivity contribution in [3.63, 3.8) is 0 Å². The first-order valence-electron chi connectivity index (χ1n) is 6.46. The van der Waals surface area contributed by atoms with Gasteiger partial charge in [0.05, 0.1) is 0 Å². The SMILES string of the molecule is CC(C)N1CCN(c2nccc(CN)c2F)CC1. The molecule has 1 aliphatic rings. The van der Waals surface area contributed by atoms with E-state index in [0.717, 1.165) is 26.2 Å². The van der Waals surface area contributed by atoms with Crippen LogP contribution in [0.5, 0.6) is 0 Å². The number of hydrogen-bond acceptors (Lipinski definition) is 4. The summed E-state index contributed by atoms with van der Waals surface area (Å²) in [5, 5.41) is 0. The molecule has 0 spiro atoms. The highest BCUT2D eigenvalue weighted by Gasteiger charge is 2.22. The third-order valence-electron chi connectivity index (χ3n) is 3.51. The summed E-state index contributed by atoms with van der Waals surface area (Å²) in [6.07, 6.45) is 1.63. The van der Waals surface area contributed by atoms with Crippen LogP contribution in [0.25, 0.3) is 0 Å². The van der Waals surface area contributed by atoms with Gasteiger partial charge in [0, 0.05) is 50.5 Å². The summed E-state index contributed by atoms with van der Waals surface area (Å²) in [6, 6.07) is 2.18. The van der Waals surface area contributed by atoms with Crippen LogP contribution in [0.15, 0.2) is 12.3 Å². The summed E-state index contributed by atoms with van der Waals surface area (Å²) < 4.78 is 14.1. The smallest absolute Gasteiger partial charge is 0.170 e. The minimum atomic E-state index is -0.266. The molecule has 0 bridgehead atoms. The Balaban J connectivity index is 2.10. The van der Waals surface area contributed by atoms with Gasteiger partial charge in [0.25, 0.3) is 0 Å². The first kappa shape index (κ1) is 13.2. The molecule has 0 aliphatic carbocycles. The first-order valence-corrected chi connectivity index (χ1v) is 6.46. The second-order valence-electron chi connectivity index (χ2n) is 4.93. The topological polar surface area (TPSA) is 45.4 Å². The second kappa shape index (κ2) is 5.63. The van der Waals surface area contributed by atoms with Gasteiger partial charge in [-0.25, -0.2) is 9.37 Å². The third kappa shape index (κ3) is 2.62. The molecule has 0 unspecified atom stereocenters. The molecule has 2 rings (SSSR count). The van der Waals surface area contributed by atoms with E-state index >= 15 is 0 Å². The van der Waals surface area contributed by atoms with E-state index in [1.807, 2.05) is 4.90 Å². The van der Waals surface area contributed by atoms with Crippen molar-refractivity contribution in [3.8, 4) is 0 Å². The Hall–Kier alpha value is -1.20. The Morgan fingerprint density at radius 2 is 2.00 bits per heavy atom. The van der Waals surface area contributed by atoms with Crippen molar-refractivity contribution in [2.45, 2.75) is 26.4 Å². The predicted octanol–water partition coefficient (Wildman–Crippen LogP) is 1.21. The maximum absolute atomic E-state index is 14.1. The van der Waals surface area contributed by atoms with Crippen molar-refractivity contribution < 1.29 is 4.39 Å². The molecule has 0 saturated carbocycles. The lowest BCUT2D eigenvalue weighted by Crippen LogP contribution is -2.49. The van der Waals surface area contributed by atoms with Gasteiger partial charge in [-0.05, 0) is 19.9 Å². The van der Waals surface area contributed by atoms with Crippen LogP contribution in [0.3, 0.4) is 0 Å². The highest BCUT2D eigenvalue weighted by Crippen LogP contribution is 2.20. The lowest BCUT2D eigenvalue weighted by molar-refractivity contribution is 0.208. The Kier molecular flexibility index (Phi) is 4.14. The molecule has 1 fully saturated rings. The van der Waals surface area contributed by atoms with Crippen LogP contribution in [0.4, 0.5) is 10.2 Å². The summed E-state index contributed by atoms with van der Waals surface area (Å²) in [7, 11) is 0. The lowest BCUT2D eigenvalue weighted by atomic mass is 10.2. The number of nitrogens with two attached hydrogens (primary N) is 1. The summed E-state index contributed by atoms with van der Waals surface area (Å²) in [6.45, 7) is 8.11. The van der Waals surface area contributed by atoms with E-state index in [0.29, 0.717) is 17.4 Å². The van der Waals surface area contributed by atoms with Crippen molar-refractivity contribution in [1.82, 2.24) is 9.88 Å². The zero-order chi connectivity index (χ0) is 13.1. The average Bonchev–Trinajstić information content (AvgIpc) is 2.39. The quantitative estimate of drug-likeness (QED) is 0.878. The monoisotopic (exact) mass is 252 g/mol. The number of pyridine rings is 1. The van der Waals surface area contributed by atoms with Crippen LogP contribution in [-0.4, -0.2) is 42.1 Å². The summed E-state index contributed by atoms with van der Waals surface area (Å²) in [5.74, 6) is 0.180. The average molecular weight is 252 g/mol. The van der Waals surface area contributed by atoms with Crippen LogP contribution in [-0.2, 0) is 6.54 Å². The standard InChI is InChI=1S/C13H21FN4/c1-10(2)17-5-7-18(8-6-17)13-12(14)11(9-15)3-4-16-13/h3-4,10H,5-9,15H2,1-2H3. The largest absolute Gasteiger partial charge is 0.352 e. The van der Waals surface area contributed by atoms with Crippen molar-refractivity contribution in [2.24, 2.45) is 5.73 Å². The number of hydrogen-bond donors (Lipinski definition) is 1. The molecule has 2 heterocycles. The molecule has 0 aromatic carbocycles. The van der Waals surface area contributed by atoms with Gasteiger partial charge in [0.2, 0.25) is 0 Å². The van der Waals surface area contributed by atoms with Gasteiger partial charge in [-0.2, -0.15) is 0 Å². The molecular weight excluding hydrogens is 231 g/mol. The van der Waals surface area contributed by atoms with Gasteiger partial charge in [0.1, 0.15) is 0 Å². The summed E-state index contributed by atoms with van der Waals surface area (Å²) in [5.41, 5.74) is 6.05. The summed E-state index contributed by atoms with van der Waals surface area (Å²) in [4.78, 5) is 8.55. The van der Waals surface area contributed by atoms with Gasteiger partial charge < -0.3 is 10.6 Å². The molecule has 5 heteroatoms. The maximum atomic E-state index is 14.1. The number of nitrogens with zero attached hydrogens (tertiary/aromatic N) is 3. The van der Waals surface area contributed by atoms with Crippen molar-refractivity contribution in [3.05, 3.63) is 23.6 Å². The van der Waals surface area contributed by atoms with Gasteiger partial charge >= 0.3 is 0 Å². The molecule has 1 aromatic heterocycles. The highest BCUT2D eigenvalue weighted by atomic mass is 19.1. The third-order valence-corrected chi connectivity index (χ3v) is 3.51. The molecule has 1 aromatic rings. The molecule has 0 amide bonds. The van der Waals surface area contributed by atoms with Crippen LogP contribution >= 0.6 is 0 Å². The van der Waals surface area contributed by atoms with Crippen LogP contribution in [0.2, 0.25) is 0 Å². The fourth-order valence-corrected chi connectivity index (χ4v) is 2.30. The van der Waals surface area contributed by atoms with E-state index < -0.39 is 0 Å². The van der Waals surface area contributed by atoms with Crippen LogP contribution in [0.1, 0.15) is 19.4 Å². The Labute approximate surface area is 108 Å². The number of piperazine rings is 1. The van der Waals surface area contributed by atoms with Gasteiger partial charge in [-0.1, -0.05) is 0 Å². The van der Waals surface area contributed by atoms with E-state index in [9.17, 15) is 4.39 Å². The van der Waals surface area contributed by atoms with Crippen molar-refractivity contribution >= 4 is 5.82 Å². The number of rotatable bonds is 3. The van der Waals surface area contributed by atoms with Gasteiger partial charge in [-0.3, -0.25) is 4.90 Å². The number of halogens is 1. The van der Waals surface area contributed by atoms with Crippen molar-refractivity contribution in [1.29, 1.82) is 0 Å². The molecular formula is C13H21FN4. The molecule has 1 aliphatic heterocycles. The summed E-state index contributed by atoms with van der Waals surface area (Å²) >= 11 is 0. The van der Waals surface area contributed by atoms with Crippen LogP contribution in [0, 0.1) is 5.82 Å². The zero-order valence-electron chi connectivity index (χ0n) is 11.1. The van der Waals surface area contributed by atoms with Crippen molar-refractivity contribution in [2.75, 3.05) is 31.1 Å². The minimum absolute atomic E-state index is 0.216. The Morgan fingerprint density at radius 3 is 2.56 bits per heavy atom. The molecule has 2 N–H and O–H groups in total. The number of anilines is 1. The Morgan fingerprint density at radius 1 is 1.33 bits per heavy atom. The zero-order valence-corrected chi connectivity index (χ0v) is 11.1. The molecule has 0 atom stereocenters. The molecule has 100 valence electrons.